The average Bonchev–Trinajstić information content (AvgIpc) is 3.40. The number of nitrogens with zero attached hydrogens (tertiary/aromatic N) is 2. The van der Waals surface area contributed by atoms with Gasteiger partial charge in [-0.2, -0.15) is 5.26 Å². The smallest absolute Gasteiger partial charge is 0.254 e. The predicted molar refractivity (Wildman–Crippen MR) is 86.4 cm³/mol. The molecule has 0 aromatic heterocycles. The molecule has 0 atom stereocenters. The van der Waals surface area contributed by atoms with E-state index in [0.717, 1.165) is 31.6 Å². The van der Waals surface area contributed by atoms with Crippen molar-refractivity contribution < 1.29 is 4.79 Å². The second kappa shape index (κ2) is 6.52. The molecule has 2 aliphatic carbocycles. The first kappa shape index (κ1) is 15.1. The standard InChI is InChI=1S/C19H24N2O/c1-2-14-6-8-17(9-7-14)21(18-10-11-18)19(22)16-5-3-4-15(12-16)13-20/h3-5,12,14,17-18H,2,6-11H2,1H3. The third-order valence-corrected chi connectivity index (χ3v) is 5.20. The van der Waals surface area contributed by atoms with Crippen molar-refractivity contribution in [3.05, 3.63) is 35.4 Å². The quantitative estimate of drug-likeness (QED) is 0.838. The molecule has 22 heavy (non-hydrogen) atoms. The van der Waals surface area contributed by atoms with Gasteiger partial charge in [0.15, 0.2) is 0 Å². The summed E-state index contributed by atoms with van der Waals surface area (Å²) in [7, 11) is 0. The predicted octanol–water partition coefficient (Wildman–Crippen LogP) is 4.13. The molecule has 0 spiro atoms. The fourth-order valence-electron chi connectivity index (χ4n) is 3.68. The maximum absolute atomic E-state index is 13.0. The number of hydrogen-bond acceptors (Lipinski definition) is 2. The Morgan fingerprint density at radius 1 is 1.18 bits per heavy atom. The topological polar surface area (TPSA) is 44.1 Å². The Kier molecular flexibility index (Phi) is 4.47. The largest absolute Gasteiger partial charge is 0.333 e. The molecule has 0 N–H and O–H groups in total. The van der Waals surface area contributed by atoms with E-state index in [4.69, 9.17) is 5.26 Å². The van der Waals surface area contributed by atoms with E-state index in [9.17, 15) is 4.79 Å². The first-order valence-electron chi connectivity index (χ1n) is 8.55. The molecule has 0 radical (unpaired) electrons. The fourth-order valence-corrected chi connectivity index (χ4v) is 3.68. The lowest BCUT2D eigenvalue weighted by Crippen LogP contribution is -2.43. The molecular formula is C19H24N2O. The number of amides is 1. The zero-order valence-electron chi connectivity index (χ0n) is 13.3. The van der Waals surface area contributed by atoms with Crippen molar-refractivity contribution in [3.63, 3.8) is 0 Å². The number of benzene rings is 1. The number of carbonyl (C=O) groups is 1. The van der Waals surface area contributed by atoms with Crippen molar-refractivity contribution in [3.8, 4) is 6.07 Å². The van der Waals surface area contributed by atoms with Crippen LogP contribution < -0.4 is 0 Å². The molecule has 2 fully saturated rings. The van der Waals surface area contributed by atoms with Crippen LogP contribution in [0.3, 0.4) is 0 Å². The summed E-state index contributed by atoms with van der Waals surface area (Å²) in [6, 6.07) is 10.1. The van der Waals surface area contributed by atoms with Crippen molar-refractivity contribution in [1.82, 2.24) is 4.90 Å². The van der Waals surface area contributed by atoms with Crippen LogP contribution in [0.15, 0.2) is 24.3 Å². The van der Waals surface area contributed by atoms with Gasteiger partial charge in [-0.15, -0.1) is 0 Å². The molecule has 0 bridgehead atoms. The summed E-state index contributed by atoms with van der Waals surface area (Å²) in [5, 5.41) is 9.03. The lowest BCUT2D eigenvalue weighted by atomic mass is 9.83. The lowest BCUT2D eigenvalue weighted by molar-refractivity contribution is 0.0587. The fraction of sp³-hybridized carbons (Fsp3) is 0.579. The summed E-state index contributed by atoms with van der Waals surface area (Å²) in [5.41, 5.74) is 1.24. The van der Waals surface area contributed by atoms with Crippen LogP contribution in [-0.2, 0) is 0 Å². The maximum atomic E-state index is 13.0. The van der Waals surface area contributed by atoms with E-state index in [1.54, 1.807) is 12.1 Å². The first-order valence-corrected chi connectivity index (χ1v) is 8.55. The minimum Gasteiger partial charge on any atom is -0.333 e. The SMILES string of the molecule is CCC1CCC(N(C(=O)c2cccc(C#N)c2)C2CC2)CC1. The molecule has 2 saturated carbocycles. The highest BCUT2D eigenvalue weighted by atomic mass is 16.2. The van der Waals surface area contributed by atoms with E-state index in [0.29, 0.717) is 23.2 Å². The molecule has 0 aliphatic heterocycles. The zero-order valence-corrected chi connectivity index (χ0v) is 13.3. The number of hydrogen-bond donors (Lipinski definition) is 0. The molecule has 1 aromatic rings. The Hall–Kier alpha value is -1.82. The van der Waals surface area contributed by atoms with E-state index in [1.807, 2.05) is 12.1 Å². The van der Waals surface area contributed by atoms with Gasteiger partial charge in [-0.1, -0.05) is 19.4 Å². The van der Waals surface area contributed by atoms with Crippen LogP contribution in [0.5, 0.6) is 0 Å². The Bertz CT molecular complexity index is 577. The van der Waals surface area contributed by atoms with Gasteiger partial charge in [0.1, 0.15) is 0 Å². The van der Waals surface area contributed by atoms with Crippen molar-refractivity contribution in [1.29, 1.82) is 5.26 Å². The van der Waals surface area contributed by atoms with E-state index < -0.39 is 0 Å². The molecule has 2 aliphatic rings. The van der Waals surface area contributed by atoms with E-state index in [-0.39, 0.29) is 5.91 Å². The second-order valence-electron chi connectivity index (χ2n) is 6.72. The monoisotopic (exact) mass is 296 g/mol. The average molecular weight is 296 g/mol. The highest BCUT2D eigenvalue weighted by Crippen LogP contribution is 2.37. The summed E-state index contributed by atoms with van der Waals surface area (Å²) < 4.78 is 0. The zero-order chi connectivity index (χ0) is 15.5. The van der Waals surface area contributed by atoms with Crippen LogP contribution in [-0.4, -0.2) is 22.9 Å². The van der Waals surface area contributed by atoms with Crippen LogP contribution in [0, 0.1) is 17.2 Å². The van der Waals surface area contributed by atoms with Crippen LogP contribution in [0.1, 0.15) is 67.8 Å². The number of rotatable bonds is 4. The van der Waals surface area contributed by atoms with E-state index in [2.05, 4.69) is 17.9 Å². The van der Waals surface area contributed by atoms with Gasteiger partial charge in [-0.05, 0) is 62.6 Å². The maximum Gasteiger partial charge on any atom is 0.254 e. The van der Waals surface area contributed by atoms with Crippen LogP contribution >= 0.6 is 0 Å². The molecule has 3 heteroatoms. The van der Waals surface area contributed by atoms with Crippen molar-refractivity contribution in [2.24, 2.45) is 5.92 Å². The molecule has 3 rings (SSSR count). The van der Waals surface area contributed by atoms with Gasteiger partial charge in [-0.25, -0.2) is 0 Å². The third kappa shape index (κ3) is 3.16. The minimum absolute atomic E-state index is 0.125. The van der Waals surface area contributed by atoms with Gasteiger partial charge in [-0.3, -0.25) is 4.79 Å². The van der Waals surface area contributed by atoms with E-state index in [1.165, 1.54) is 19.3 Å². The van der Waals surface area contributed by atoms with Crippen LogP contribution in [0.2, 0.25) is 0 Å². The van der Waals surface area contributed by atoms with E-state index >= 15 is 0 Å². The number of nitriles is 1. The van der Waals surface area contributed by atoms with Gasteiger partial charge in [0.25, 0.3) is 5.91 Å². The molecular weight excluding hydrogens is 272 g/mol. The normalized spacial score (nSPS) is 24.5. The summed E-state index contributed by atoms with van der Waals surface area (Å²) in [6.45, 7) is 2.27. The minimum atomic E-state index is 0.125. The third-order valence-electron chi connectivity index (χ3n) is 5.20. The molecule has 0 unspecified atom stereocenters. The van der Waals surface area contributed by atoms with Gasteiger partial charge in [0.05, 0.1) is 11.6 Å². The Morgan fingerprint density at radius 2 is 1.82 bits per heavy atom. The highest BCUT2D eigenvalue weighted by Gasteiger charge is 2.38. The molecule has 0 heterocycles. The lowest BCUT2D eigenvalue weighted by Gasteiger charge is -2.37. The first-order chi connectivity index (χ1) is 10.7. The van der Waals surface area contributed by atoms with Gasteiger partial charge < -0.3 is 4.90 Å². The Morgan fingerprint density at radius 3 is 2.36 bits per heavy atom. The summed E-state index contributed by atoms with van der Waals surface area (Å²) in [6.07, 6.45) is 8.30. The Balaban J connectivity index is 1.76. The molecule has 1 aromatic carbocycles. The highest BCUT2D eigenvalue weighted by molar-refractivity contribution is 5.95. The van der Waals surface area contributed by atoms with Crippen molar-refractivity contribution in [2.75, 3.05) is 0 Å². The second-order valence-corrected chi connectivity index (χ2v) is 6.72. The molecule has 0 saturated heterocycles. The Labute approximate surface area is 132 Å². The summed E-state index contributed by atoms with van der Waals surface area (Å²) in [4.78, 5) is 15.1. The molecule has 116 valence electrons. The van der Waals surface area contributed by atoms with Crippen LogP contribution in [0.4, 0.5) is 0 Å². The van der Waals surface area contributed by atoms with Crippen LogP contribution in [0.25, 0.3) is 0 Å². The molecule has 3 nitrogen and oxygen atoms in total. The van der Waals surface area contributed by atoms with Crippen molar-refractivity contribution >= 4 is 5.91 Å². The summed E-state index contributed by atoms with van der Waals surface area (Å²) >= 11 is 0. The summed E-state index contributed by atoms with van der Waals surface area (Å²) in [5.74, 6) is 0.967. The van der Waals surface area contributed by atoms with Crippen molar-refractivity contribution in [2.45, 2.75) is 64.0 Å². The van der Waals surface area contributed by atoms with Gasteiger partial charge in [0, 0.05) is 17.6 Å². The van der Waals surface area contributed by atoms with Gasteiger partial charge >= 0.3 is 0 Å². The molecule has 1 amide bonds. The van der Waals surface area contributed by atoms with Gasteiger partial charge in [0.2, 0.25) is 0 Å². The number of carbonyl (C=O) groups excluding carboxylic acids is 1.